The number of rotatable bonds is 3. The second kappa shape index (κ2) is 5.29. The van der Waals surface area contributed by atoms with E-state index in [4.69, 9.17) is 0 Å². The molecule has 2 aromatic rings. The average Bonchev–Trinajstić information content (AvgIpc) is 3.22. The van der Waals surface area contributed by atoms with Gasteiger partial charge >= 0.3 is 0 Å². The Morgan fingerprint density at radius 3 is 1.95 bits per heavy atom. The summed E-state index contributed by atoms with van der Waals surface area (Å²) in [6.07, 6.45) is 7.75. The number of benzene rings is 2. The van der Waals surface area contributed by atoms with E-state index in [2.05, 4.69) is 30.3 Å². The lowest BCUT2D eigenvalue weighted by molar-refractivity contribution is 0.629. The summed E-state index contributed by atoms with van der Waals surface area (Å²) in [4.78, 5) is 0. The van der Waals surface area contributed by atoms with Crippen LogP contribution in [-0.4, -0.2) is 0 Å². The van der Waals surface area contributed by atoms with Crippen molar-refractivity contribution in [3.8, 4) is 11.1 Å². The standard InChI is InChI=1S/C20H21F/c21-20-13-18(16-5-6-16)11-12-19(20)17-9-7-15(8-10-17)14-3-1-2-4-14/h7-14,16H,1-6H2. The molecule has 4 rings (SSSR count). The molecule has 0 heterocycles. The number of hydrogen-bond acceptors (Lipinski definition) is 0. The molecule has 0 aromatic heterocycles. The predicted molar refractivity (Wildman–Crippen MR) is 85.0 cm³/mol. The third-order valence-electron chi connectivity index (χ3n) is 5.09. The van der Waals surface area contributed by atoms with Crippen molar-refractivity contribution in [1.29, 1.82) is 0 Å². The van der Waals surface area contributed by atoms with Crippen LogP contribution in [0.3, 0.4) is 0 Å². The molecule has 0 N–H and O–H groups in total. The summed E-state index contributed by atoms with van der Waals surface area (Å²) >= 11 is 0. The van der Waals surface area contributed by atoms with Gasteiger partial charge in [-0.2, -0.15) is 0 Å². The fourth-order valence-corrected chi connectivity index (χ4v) is 3.63. The molecule has 2 saturated carbocycles. The maximum Gasteiger partial charge on any atom is 0.131 e. The molecule has 0 unspecified atom stereocenters. The zero-order chi connectivity index (χ0) is 14.2. The highest BCUT2D eigenvalue weighted by atomic mass is 19.1. The first-order chi connectivity index (χ1) is 10.3. The molecule has 0 bridgehead atoms. The highest BCUT2D eigenvalue weighted by Crippen LogP contribution is 2.41. The number of halogens is 1. The van der Waals surface area contributed by atoms with Crippen molar-refractivity contribution < 1.29 is 4.39 Å². The second-order valence-corrected chi connectivity index (χ2v) is 6.62. The molecule has 21 heavy (non-hydrogen) atoms. The van der Waals surface area contributed by atoms with Gasteiger partial charge < -0.3 is 0 Å². The van der Waals surface area contributed by atoms with Crippen molar-refractivity contribution in [1.82, 2.24) is 0 Å². The normalized spacial score (nSPS) is 19.1. The van der Waals surface area contributed by atoms with E-state index in [-0.39, 0.29) is 5.82 Å². The summed E-state index contributed by atoms with van der Waals surface area (Å²) in [6.45, 7) is 0. The summed E-state index contributed by atoms with van der Waals surface area (Å²) in [5.74, 6) is 1.26. The molecular formula is C20H21F. The first-order valence-electron chi connectivity index (χ1n) is 8.21. The van der Waals surface area contributed by atoms with Gasteiger partial charge in [0.2, 0.25) is 0 Å². The van der Waals surface area contributed by atoms with Crippen LogP contribution < -0.4 is 0 Å². The van der Waals surface area contributed by atoms with Crippen LogP contribution in [0.25, 0.3) is 11.1 Å². The van der Waals surface area contributed by atoms with Gasteiger partial charge in [0.05, 0.1) is 0 Å². The summed E-state index contributed by atoms with van der Waals surface area (Å²) in [6, 6.07) is 14.3. The smallest absolute Gasteiger partial charge is 0.131 e. The predicted octanol–water partition coefficient (Wildman–Crippen LogP) is 6.03. The molecule has 0 radical (unpaired) electrons. The van der Waals surface area contributed by atoms with Crippen LogP contribution in [0, 0.1) is 5.82 Å². The molecule has 0 amide bonds. The van der Waals surface area contributed by atoms with Crippen molar-refractivity contribution in [2.24, 2.45) is 0 Å². The van der Waals surface area contributed by atoms with Gasteiger partial charge in [0.1, 0.15) is 5.82 Å². The molecule has 0 aliphatic heterocycles. The highest BCUT2D eigenvalue weighted by Gasteiger charge is 2.24. The van der Waals surface area contributed by atoms with E-state index in [0.717, 1.165) is 17.0 Å². The Labute approximate surface area is 126 Å². The molecule has 0 atom stereocenters. The number of hydrogen-bond donors (Lipinski definition) is 0. The van der Waals surface area contributed by atoms with Crippen molar-refractivity contribution in [2.75, 3.05) is 0 Å². The quantitative estimate of drug-likeness (QED) is 0.644. The van der Waals surface area contributed by atoms with E-state index >= 15 is 0 Å². The maximum absolute atomic E-state index is 14.3. The van der Waals surface area contributed by atoms with Gasteiger partial charge in [-0.15, -0.1) is 0 Å². The first-order valence-corrected chi connectivity index (χ1v) is 8.21. The Morgan fingerprint density at radius 1 is 0.714 bits per heavy atom. The van der Waals surface area contributed by atoms with E-state index in [9.17, 15) is 4.39 Å². The molecule has 2 fully saturated rings. The monoisotopic (exact) mass is 280 g/mol. The van der Waals surface area contributed by atoms with Crippen LogP contribution in [0.15, 0.2) is 42.5 Å². The van der Waals surface area contributed by atoms with Gasteiger partial charge in [0.15, 0.2) is 0 Å². The van der Waals surface area contributed by atoms with Crippen LogP contribution in [0.2, 0.25) is 0 Å². The van der Waals surface area contributed by atoms with Crippen LogP contribution in [0.1, 0.15) is 61.5 Å². The lowest BCUT2D eigenvalue weighted by Gasteiger charge is -2.11. The van der Waals surface area contributed by atoms with Gasteiger partial charge in [0.25, 0.3) is 0 Å². The van der Waals surface area contributed by atoms with Crippen molar-refractivity contribution in [3.63, 3.8) is 0 Å². The lowest BCUT2D eigenvalue weighted by Crippen LogP contribution is -1.92. The van der Waals surface area contributed by atoms with E-state index < -0.39 is 0 Å². The van der Waals surface area contributed by atoms with Gasteiger partial charge in [0, 0.05) is 5.56 Å². The minimum Gasteiger partial charge on any atom is -0.206 e. The minimum absolute atomic E-state index is 0.0759. The molecule has 0 spiro atoms. The topological polar surface area (TPSA) is 0 Å². The first kappa shape index (κ1) is 13.1. The van der Waals surface area contributed by atoms with E-state index in [1.807, 2.05) is 6.07 Å². The zero-order valence-corrected chi connectivity index (χ0v) is 12.3. The van der Waals surface area contributed by atoms with E-state index in [1.165, 1.54) is 49.7 Å². The van der Waals surface area contributed by atoms with Crippen LogP contribution in [0.5, 0.6) is 0 Å². The molecule has 0 saturated heterocycles. The fourth-order valence-electron chi connectivity index (χ4n) is 3.63. The van der Waals surface area contributed by atoms with E-state index in [0.29, 0.717) is 5.92 Å². The third-order valence-corrected chi connectivity index (χ3v) is 5.09. The SMILES string of the molecule is Fc1cc(C2CC2)ccc1-c1ccc(C2CCCC2)cc1. The van der Waals surface area contributed by atoms with Crippen LogP contribution in [-0.2, 0) is 0 Å². The minimum atomic E-state index is -0.0759. The highest BCUT2D eigenvalue weighted by molar-refractivity contribution is 5.65. The molecule has 108 valence electrons. The van der Waals surface area contributed by atoms with Gasteiger partial charge in [-0.1, -0.05) is 49.2 Å². The largest absolute Gasteiger partial charge is 0.206 e. The second-order valence-electron chi connectivity index (χ2n) is 6.62. The van der Waals surface area contributed by atoms with Gasteiger partial charge in [-0.25, -0.2) is 4.39 Å². The Balaban J connectivity index is 1.60. The van der Waals surface area contributed by atoms with Gasteiger partial charge in [-0.05, 0) is 60.3 Å². The average molecular weight is 280 g/mol. The Kier molecular flexibility index (Phi) is 3.29. The summed E-state index contributed by atoms with van der Waals surface area (Å²) in [5.41, 5.74) is 4.32. The molecule has 1 heteroatoms. The Morgan fingerprint density at radius 2 is 1.33 bits per heavy atom. The summed E-state index contributed by atoms with van der Waals surface area (Å²) in [7, 11) is 0. The molecule has 2 aromatic carbocycles. The van der Waals surface area contributed by atoms with Crippen molar-refractivity contribution >= 4 is 0 Å². The molecular weight excluding hydrogens is 259 g/mol. The van der Waals surface area contributed by atoms with Crippen molar-refractivity contribution in [3.05, 3.63) is 59.4 Å². The Bertz CT molecular complexity index is 631. The summed E-state index contributed by atoms with van der Waals surface area (Å²) in [5, 5.41) is 0. The van der Waals surface area contributed by atoms with Crippen molar-refractivity contribution in [2.45, 2.75) is 50.4 Å². The lowest BCUT2D eigenvalue weighted by atomic mass is 9.94. The van der Waals surface area contributed by atoms with Gasteiger partial charge in [-0.3, -0.25) is 0 Å². The van der Waals surface area contributed by atoms with Crippen LogP contribution >= 0.6 is 0 Å². The molecule has 0 nitrogen and oxygen atoms in total. The maximum atomic E-state index is 14.3. The molecule has 2 aliphatic rings. The summed E-state index contributed by atoms with van der Waals surface area (Å²) < 4.78 is 14.3. The van der Waals surface area contributed by atoms with Crippen LogP contribution in [0.4, 0.5) is 4.39 Å². The Hall–Kier alpha value is -1.63. The third kappa shape index (κ3) is 2.62. The molecule has 2 aliphatic carbocycles. The zero-order valence-electron chi connectivity index (χ0n) is 12.3. The van der Waals surface area contributed by atoms with E-state index in [1.54, 1.807) is 6.07 Å². The fraction of sp³-hybridized carbons (Fsp3) is 0.400.